The average Bonchev–Trinajstić information content (AvgIpc) is 2.39. The monoisotopic (exact) mass is 271 g/mol. The molecule has 0 atom stereocenters. The lowest BCUT2D eigenvalue weighted by atomic mass is 10.3. The van der Waals surface area contributed by atoms with Crippen molar-refractivity contribution in [3.8, 4) is 0 Å². The van der Waals surface area contributed by atoms with Crippen molar-refractivity contribution in [3.05, 3.63) is 0 Å². The molecule has 0 aromatic heterocycles. The van der Waals surface area contributed by atoms with Crippen molar-refractivity contribution in [1.29, 1.82) is 0 Å². The molecule has 0 saturated carbocycles. The van der Waals surface area contributed by atoms with Gasteiger partial charge in [-0.05, 0) is 20.0 Å². The van der Waals surface area contributed by atoms with E-state index in [0.717, 1.165) is 39.1 Å². The molecule has 1 heterocycles. The van der Waals surface area contributed by atoms with E-state index in [-0.39, 0.29) is 18.4 Å². The van der Waals surface area contributed by atoms with Crippen molar-refractivity contribution in [2.24, 2.45) is 0 Å². The maximum Gasteiger partial charge on any atom is 0.319 e. The molecule has 6 nitrogen and oxygen atoms in total. The highest BCUT2D eigenvalue weighted by molar-refractivity contribution is 5.79. The summed E-state index contributed by atoms with van der Waals surface area (Å²) in [7, 11) is 3.43. The van der Waals surface area contributed by atoms with E-state index >= 15 is 0 Å². The molecule has 1 amide bonds. The Morgan fingerprint density at radius 1 is 1.16 bits per heavy atom. The predicted molar refractivity (Wildman–Crippen MR) is 72.8 cm³/mol. The Balaban J connectivity index is 2.44. The molecule has 0 unspecified atom stereocenters. The molecule has 1 fully saturated rings. The predicted octanol–water partition coefficient (Wildman–Crippen LogP) is -0.355. The first-order valence-electron chi connectivity index (χ1n) is 6.82. The van der Waals surface area contributed by atoms with Crippen LogP contribution in [0.5, 0.6) is 0 Å². The second-order valence-electron chi connectivity index (χ2n) is 4.97. The van der Waals surface area contributed by atoms with Gasteiger partial charge >= 0.3 is 5.97 Å². The first-order chi connectivity index (χ1) is 9.06. The Labute approximate surface area is 115 Å². The van der Waals surface area contributed by atoms with Gasteiger partial charge in [-0.1, -0.05) is 6.92 Å². The third kappa shape index (κ3) is 5.57. The highest BCUT2D eigenvalue weighted by Crippen LogP contribution is 2.02. The molecule has 1 aliphatic heterocycles. The zero-order valence-electron chi connectivity index (χ0n) is 12.2. The minimum Gasteiger partial charge on any atom is -0.468 e. The van der Waals surface area contributed by atoms with Crippen molar-refractivity contribution in [1.82, 2.24) is 14.7 Å². The summed E-state index contributed by atoms with van der Waals surface area (Å²) in [5, 5.41) is 0. The number of amides is 1. The van der Waals surface area contributed by atoms with Crippen LogP contribution < -0.4 is 0 Å². The fraction of sp³-hybridized carbons (Fsp3) is 0.846. The van der Waals surface area contributed by atoms with Crippen molar-refractivity contribution >= 4 is 11.9 Å². The molecule has 0 aromatic rings. The number of methoxy groups -OCH3 is 1. The van der Waals surface area contributed by atoms with Crippen LogP contribution in [-0.4, -0.2) is 86.5 Å². The van der Waals surface area contributed by atoms with Gasteiger partial charge in [-0.15, -0.1) is 0 Å². The SMILES string of the molecule is CCCN(CC(=O)OC)CC(=O)N1CCN(C)CC1. The van der Waals surface area contributed by atoms with Crippen LogP contribution >= 0.6 is 0 Å². The molecular weight excluding hydrogens is 246 g/mol. The number of ether oxygens (including phenoxy) is 1. The van der Waals surface area contributed by atoms with Gasteiger partial charge in [0.15, 0.2) is 0 Å². The number of hydrogen-bond donors (Lipinski definition) is 0. The van der Waals surface area contributed by atoms with Gasteiger partial charge in [0.2, 0.25) is 5.91 Å². The van der Waals surface area contributed by atoms with Crippen molar-refractivity contribution in [3.63, 3.8) is 0 Å². The molecule has 1 rings (SSSR count). The van der Waals surface area contributed by atoms with Crippen LogP contribution in [0.3, 0.4) is 0 Å². The molecule has 0 radical (unpaired) electrons. The molecule has 19 heavy (non-hydrogen) atoms. The Morgan fingerprint density at radius 3 is 2.32 bits per heavy atom. The molecule has 0 aromatic carbocycles. The number of carbonyl (C=O) groups excluding carboxylic acids is 2. The summed E-state index contributed by atoms with van der Waals surface area (Å²) in [5.41, 5.74) is 0. The van der Waals surface area contributed by atoms with Gasteiger partial charge in [0.1, 0.15) is 0 Å². The van der Waals surface area contributed by atoms with E-state index in [9.17, 15) is 9.59 Å². The third-order valence-electron chi connectivity index (χ3n) is 3.34. The summed E-state index contributed by atoms with van der Waals surface area (Å²) in [6, 6.07) is 0. The van der Waals surface area contributed by atoms with Crippen LogP contribution in [0, 0.1) is 0 Å². The van der Waals surface area contributed by atoms with Gasteiger partial charge in [0.25, 0.3) is 0 Å². The molecule has 6 heteroatoms. The Hall–Kier alpha value is -1.14. The van der Waals surface area contributed by atoms with E-state index in [1.54, 1.807) is 0 Å². The summed E-state index contributed by atoms with van der Waals surface area (Å²) in [5.74, 6) is -0.190. The molecule has 1 aliphatic rings. The summed E-state index contributed by atoms with van der Waals surface area (Å²) in [6.45, 7) is 6.61. The Kier molecular flexibility index (Phi) is 6.80. The van der Waals surface area contributed by atoms with Gasteiger partial charge in [0, 0.05) is 26.2 Å². The summed E-state index contributed by atoms with van der Waals surface area (Å²) >= 11 is 0. The van der Waals surface area contributed by atoms with Crippen molar-refractivity contribution < 1.29 is 14.3 Å². The number of esters is 1. The van der Waals surface area contributed by atoms with Gasteiger partial charge in [-0.2, -0.15) is 0 Å². The van der Waals surface area contributed by atoms with Crippen LogP contribution in [0.2, 0.25) is 0 Å². The number of hydrogen-bond acceptors (Lipinski definition) is 5. The maximum absolute atomic E-state index is 12.2. The van der Waals surface area contributed by atoms with Gasteiger partial charge in [-0.3, -0.25) is 14.5 Å². The average molecular weight is 271 g/mol. The van der Waals surface area contributed by atoms with Crippen LogP contribution in [-0.2, 0) is 14.3 Å². The number of piperazine rings is 1. The van der Waals surface area contributed by atoms with E-state index in [1.807, 2.05) is 16.7 Å². The standard InChI is InChI=1S/C13H25N3O3/c1-4-5-15(11-13(18)19-3)10-12(17)16-8-6-14(2)7-9-16/h4-11H2,1-3H3. The Bertz CT molecular complexity index is 302. The van der Waals surface area contributed by atoms with Crippen molar-refractivity contribution in [2.75, 3.05) is 60.0 Å². The van der Waals surface area contributed by atoms with E-state index in [1.165, 1.54) is 7.11 Å². The normalized spacial score (nSPS) is 16.7. The maximum atomic E-state index is 12.2. The van der Waals surface area contributed by atoms with Crippen molar-refractivity contribution in [2.45, 2.75) is 13.3 Å². The summed E-state index contributed by atoms with van der Waals surface area (Å²) < 4.78 is 4.66. The Morgan fingerprint density at radius 2 is 1.79 bits per heavy atom. The highest BCUT2D eigenvalue weighted by Gasteiger charge is 2.21. The van der Waals surface area contributed by atoms with Crippen LogP contribution in [0.15, 0.2) is 0 Å². The quantitative estimate of drug-likeness (QED) is 0.618. The molecular formula is C13H25N3O3. The lowest BCUT2D eigenvalue weighted by Crippen LogP contribution is -2.50. The van der Waals surface area contributed by atoms with E-state index in [2.05, 4.69) is 16.7 Å². The number of rotatable bonds is 6. The lowest BCUT2D eigenvalue weighted by Gasteiger charge is -2.33. The second kappa shape index (κ2) is 8.12. The number of likely N-dealkylation sites (N-methyl/N-ethyl adjacent to an activating group) is 1. The topological polar surface area (TPSA) is 53.1 Å². The molecule has 110 valence electrons. The summed E-state index contributed by atoms with van der Waals surface area (Å²) in [4.78, 5) is 29.4. The zero-order valence-corrected chi connectivity index (χ0v) is 12.2. The number of carbonyl (C=O) groups is 2. The first-order valence-corrected chi connectivity index (χ1v) is 6.82. The molecule has 0 bridgehead atoms. The number of nitrogens with zero attached hydrogens (tertiary/aromatic N) is 3. The molecule has 0 aliphatic carbocycles. The first kappa shape index (κ1) is 15.9. The second-order valence-corrected chi connectivity index (χ2v) is 4.97. The largest absolute Gasteiger partial charge is 0.468 e. The smallest absolute Gasteiger partial charge is 0.319 e. The zero-order chi connectivity index (χ0) is 14.3. The van der Waals surface area contributed by atoms with Crippen LogP contribution in [0.25, 0.3) is 0 Å². The van der Waals surface area contributed by atoms with Gasteiger partial charge in [-0.25, -0.2) is 0 Å². The van der Waals surface area contributed by atoms with E-state index in [4.69, 9.17) is 0 Å². The van der Waals surface area contributed by atoms with E-state index < -0.39 is 0 Å². The molecule has 0 spiro atoms. The fourth-order valence-electron chi connectivity index (χ4n) is 2.12. The van der Waals surface area contributed by atoms with Gasteiger partial charge < -0.3 is 14.5 Å². The molecule has 1 saturated heterocycles. The van der Waals surface area contributed by atoms with Crippen LogP contribution in [0.1, 0.15) is 13.3 Å². The minimum absolute atomic E-state index is 0.102. The minimum atomic E-state index is -0.292. The fourth-order valence-corrected chi connectivity index (χ4v) is 2.12. The highest BCUT2D eigenvalue weighted by atomic mass is 16.5. The van der Waals surface area contributed by atoms with E-state index in [0.29, 0.717) is 6.54 Å². The third-order valence-corrected chi connectivity index (χ3v) is 3.34. The van der Waals surface area contributed by atoms with Crippen LogP contribution in [0.4, 0.5) is 0 Å². The van der Waals surface area contributed by atoms with Gasteiger partial charge in [0.05, 0.1) is 20.2 Å². The lowest BCUT2D eigenvalue weighted by molar-refractivity contribution is -0.143. The molecule has 0 N–H and O–H groups in total. The summed E-state index contributed by atoms with van der Waals surface area (Å²) in [6.07, 6.45) is 0.910.